The molecule has 26 heavy (non-hydrogen) atoms. The van der Waals surface area contributed by atoms with E-state index in [0.717, 1.165) is 59.4 Å². The predicted octanol–water partition coefficient (Wildman–Crippen LogP) is 3.96. The molecule has 4 nitrogen and oxygen atoms in total. The molecule has 0 saturated carbocycles. The van der Waals surface area contributed by atoms with Crippen LogP contribution in [0.4, 0.5) is 0 Å². The topological polar surface area (TPSA) is 46.9 Å². The van der Waals surface area contributed by atoms with Crippen molar-refractivity contribution in [2.75, 3.05) is 13.1 Å². The lowest BCUT2D eigenvalue weighted by molar-refractivity contribution is 0.395. The Kier molecular flexibility index (Phi) is 5.05. The van der Waals surface area contributed by atoms with Crippen LogP contribution in [0.3, 0.4) is 0 Å². The Morgan fingerprint density at radius 2 is 1.81 bits per heavy atom. The van der Waals surface area contributed by atoms with Crippen LogP contribution >= 0.6 is 11.6 Å². The van der Waals surface area contributed by atoms with Crippen LogP contribution < -0.4 is 10.9 Å². The first kappa shape index (κ1) is 17.3. The van der Waals surface area contributed by atoms with Crippen molar-refractivity contribution in [2.24, 2.45) is 0 Å². The van der Waals surface area contributed by atoms with Crippen molar-refractivity contribution in [3.8, 4) is 0 Å². The standard InChI is InChI=1S/C21H22ClN3O/c22-16-9-7-15(8-10-16)14-20-18-5-1-2-6-19(18)21(26)25(24-20)17-4-3-12-23-13-11-17/h1-2,5-10,17,23H,3-4,11-14H2/t17-/m1/s1. The number of halogens is 1. The van der Waals surface area contributed by atoms with Crippen LogP contribution in [0.5, 0.6) is 0 Å². The predicted molar refractivity (Wildman–Crippen MR) is 106 cm³/mol. The lowest BCUT2D eigenvalue weighted by Crippen LogP contribution is -2.29. The molecule has 5 heteroatoms. The fraction of sp³-hybridized carbons (Fsp3) is 0.333. The van der Waals surface area contributed by atoms with Gasteiger partial charge in [0.1, 0.15) is 0 Å². The van der Waals surface area contributed by atoms with Crippen LogP contribution in [-0.2, 0) is 6.42 Å². The van der Waals surface area contributed by atoms with Gasteiger partial charge in [0.15, 0.2) is 0 Å². The number of nitrogens with one attached hydrogen (secondary N) is 1. The number of benzene rings is 2. The number of fused-ring (bicyclic) bond motifs is 1. The van der Waals surface area contributed by atoms with E-state index in [2.05, 4.69) is 5.32 Å². The van der Waals surface area contributed by atoms with E-state index in [-0.39, 0.29) is 11.6 Å². The highest BCUT2D eigenvalue weighted by molar-refractivity contribution is 6.30. The third kappa shape index (κ3) is 3.53. The van der Waals surface area contributed by atoms with Gasteiger partial charge < -0.3 is 5.32 Å². The SMILES string of the molecule is O=c1c2ccccc2c(Cc2ccc(Cl)cc2)nn1[C@@H]1CCCNCC1. The molecule has 1 fully saturated rings. The lowest BCUT2D eigenvalue weighted by Gasteiger charge is -2.18. The molecule has 134 valence electrons. The zero-order valence-corrected chi connectivity index (χ0v) is 15.4. The summed E-state index contributed by atoms with van der Waals surface area (Å²) in [7, 11) is 0. The van der Waals surface area contributed by atoms with Gasteiger partial charge in [-0.1, -0.05) is 41.9 Å². The van der Waals surface area contributed by atoms with Crippen LogP contribution in [0.1, 0.15) is 36.6 Å². The third-order valence-corrected chi connectivity index (χ3v) is 5.33. The van der Waals surface area contributed by atoms with E-state index < -0.39 is 0 Å². The van der Waals surface area contributed by atoms with Gasteiger partial charge in [0.25, 0.3) is 5.56 Å². The second-order valence-corrected chi connectivity index (χ2v) is 7.32. The van der Waals surface area contributed by atoms with E-state index in [0.29, 0.717) is 6.42 Å². The van der Waals surface area contributed by atoms with Crippen molar-refractivity contribution in [2.45, 2.75) is 31.7 Å². The summed E-state index contributed by atoms with van der Waals surface area (Å²) >= 11 is 6.01. The maximum absolute atomic E-state index is 13.1. The Morgan fingerprint density at radius 1 is 1.04 bits per heavy atom. The first-order valence-electron chi connectivity index (χ1n) is 9.18. The van der Waals surface area contributed by atoms with Gasteiger partial charge in [0, 0.05) is 16.8 Å². The van der Waals surface area contributed by atoms with Crippen molar-refractivity contribution < 1.29 is 0 Å². The monoisotopic (exact) mass is 367 g/mol. The molecule has 1 aliphatic heterocycles. The first-order valence-corrected chi connectivity index (χ1v) is 9.56. The molecule has 4 rings (SSSR count). The number of hydrogen-bond donors (Lipinski definition) is 1. The van der Waals surface area contributed by atoms with Crippen molar-refractivity contribution in [1.29, 1.82) is 0 Å². The summed E-state index contributed by atoms with van der Waals surface area (Å²) in [5, 5.41) is 10.7. The minimum atomic E-state index is 0.0207. The van der Waals surface area contributed by atoms with Crippen LogP contribution in [0, 0.1) is 0 Å². The molecule has 1 saturated heterocycles. The van der Waals surface area contributed by atoms with E-state index in [1.807, 2.05) is 48.5 Å². The Hall–Kier alpha value is -2.17. The van der Waals surface area contributed by atoms with Crippen molar-refractivity contribution >= 4 is 22.4 Å². The fourth-order valence-electron chi connectivity index (χ4n) is 3.69. The van der Waals surface area contributed by atoms with Gasteiger partial charge in [0.2, 0.25) is 0 Å². The van der Waals surface area contributed by atoms with Crippen LogP contribution in [0.25, 0.3) is 10.8 Å². The normalized spacial score (nSPS) is 18.0. The molecule has 0 bridgehead atoms. The molecule has 0 aliphatic carbocycles. The summed E-state index contributed by atoms with van der Waals surface area (Å²) in [6, 6.07) is 15.8. The number of aromatic nitrogens is 2. The summed E-state index contributed by atoms with van der Waals surface area (Å²) in [5.41, 5.74) is 2.10. The Bertz CT molecular complexity index is 957. The van der Waals surface area contributed by atoms with Crippen molar-refractivity contribution in [3.63, 3.8) is 0 Å². The van der Waals surface area contributed by atoms with Gasteiger partial charge in [-0.05, 0) is 56.1 Å². The summed E-state index contributed by atoms with van der Waals surface area (Å²) in [5.74, 6) is 0. The zero-order valence-electron chi connectivity index (χ0n) is 14.6. The van der Waals surface area contributed by atoms with Crippen molar-refractivity contribution in [1.82, 2.24) is 15.1 Å². The van der Waals surface area contributed by atoms with Crippen LogP contribution in [-0.4, -0.2) is 22.9 Å². The maximum atomic E-state index is 13.1. The molecule has 2 heterocycles. The number of rotatable bonds is 3. The van der Waals surface area contributed by atoms with Gasteiger partial charge >= 0.3 is 0 Å². The second-order valence-electron chi connectivity index (χ2n) is 6.88. The fourth-order valence-corrected chi connectivity index (χ4v) is 3.82. The van der Waals surface area contributed by atoms with Gasteiger partial charge in [-0.2, -0.15) is 5.10 Å². The van der Waals surface area contributed by atoms with Crippen LogP contribution in [0.2, 0.25) is 5.02 Å². The number of nitrogens with zero attached hydrogens (tertiary/aromatic N) is 2. The summed E-state index contributed by atoms with van der Waals surface area (Å²) in [6.07, 6.45) is 3.67. The van der Waals surface area contributed by atoms with E-state index in [1.165, 1.54) is 0 Å². The summed E-state index contributed by atoms with van der Waals surface area (Å²) in [6.45, 7) is 1.94. The molecule has 1 aromatic heterocycles. The highest BCUT2D eigenvalue weighted by Gasteiger charge is 2.19. The quantitative estimate of drug-likeness (QED) is 0.762. The van der Waals surface area contributed by atoms with Crippen molar-refractivity contribution in [3.05, 3.63) is 75.2 Å². The van der Waals surface area contributed by atoms with Gasteiger partial charge in [0.05, 0.1) is 17.1 Å². The van der Waals surface area contributed by atoms with E-state index in [1.54, 1.807) is 4.68 Å². The molecule has 0 spiro atoms. The third-order valence-electron chi connectivity index (χ3n) is 5.08. The Balaban J connectivity index is 1.81. The van der Waals surface area contributed by atoms with E-state index in [9.17, 15) is 4.79 Å². The van der Waals surface area contributed by atoms with Gasteiger partial charge in [-0.15, -0.1) is 0 Å². The van der Waals surface area contributed by atoms with Gasteiger partial charge in [-0.3, -0.25) is 4.79 Å². The zero-order chi connectivity index (χ0) is 17.9. The Morgan fingerprint density at radius 3 is 2.62 bits per heavy atom. The highest BCUT2D eigenvalue weighted by Crippen LogP contribution is 2.22. The van der Waals surface area contributed by atoms with E-state index >= 15 is 0 Å². The summed E-state index contributed by atoms with van der Waals surface area (Å²) in [4.78, 5) is 13.1. The lowest BCUT2D eigenvalue weighted by atomic mass is 10.0. The largest absolute Gasteiger partial charge is 0.317 e. The van der Waals surface area contributed by atoms with Crippen LogP contribution in [0.15, 0.2) is 53.3 Å². The maximum Gasteiger partial charge on any atom is 0.274 e. The van der Waals surface area contributed by atoms with E-state index in [4.69, 9.17) is 16.7 Å². The average molecular weight is 368 g/mol. The first-order chi connectivity index (χ1) is 12.7. The molecule has 0 radical (unpaired) electrons. The minimum absolute atomic E-state index is 0.0207. The molecule has 1 N–H and O–H groups in total. The molecule has 3 aromatic rings. The molecule has 1 atom stereocenters. The molecule has 2 aromatic carbocycles. The average Bonchev–Trinajstić information content (AvgIpc) is 2.95. The smallest absolute Gasteiger partial charge is 0.274 e. The molecular formula is C21H22ClN3O. The Labute approximate surface area is 157 Å². The molecule has 0 unspecified atom stereocenters. The summed E-state index contributed by atoms with van der Waals surface area (Å²) < 4.78 is 1.74. The molecule has 0 amide bonds. The number of hydrogen-bond acceptors (Lipinski definition) is 3. The minimum Gasteiger partial charge on any atom is -0.317 e. The molecule has 1 aliphatic rings. The highest BCUT2D eigenvalue weighted by atomic mass is 35.5. The van der Waals surface area contributed by atoms with Gasteiger partial charge in [-0.25, -0.2) is 4.68 Å². The molecular weight excluding hydrogens is 346 g/mol. The second kappa shape index (κ2) is 7.60.